The van der Waals surface area contributed by atoms with Gasteiger partial charge in [-0.25, -0.2) is 0 Å². The van der Waals surface area contributed by atoms with Crippen molar-refractivity contribution in [2.24, 2.45) is 16.8 Å². The van der Waals surface area contributed by atoms with Crippen molar-refractivity contribution in [3.8, 4) is 0 Å². The van der Waals surface area contributed by atoms with Crippen LogP contribution in [0.2, 0.25) is 0 Å². The first-order valence-electron chi connectivity index (χ1n) is 11.1. The van der Waals surface area contributed by atoms with Crippen LogP contribution in [0.3, 0.4) is 0 Å². The highest BCUT2D eigenvalue weighted by Gasteiger charge is 2.40. The molecule has 0 amide bonds. The Balaban J connectivity index is 0.00000210. The summed E-state index contributed by atoms with van der Waals surface area (Å²) < 4.78 is 5.68. The SMILES string of the molecule is CN=C(NCC1(N2CCCC2)CCOCC1)NC1CCC2CCCC2C1.I. The van der Waals surface area contributed by atoms with Gasteiger partial charge in [0.2, 0.25) is 0 Å². The predicted octanol–water partition coefficient (Wildman–Crippen LogP) is 3.38. The summed E-state index contributed by atoms with van der Waals surface area (Å²) in [5, 5.41) is 7.46. The molecule has 4 rings (SSSR count). The van der Waals surface area contributed by atoms with Gasteiger partial charge in [0, 0.05) is 38.4 Å². The van der Waals surface area contributed by atoms with E-state index < -0.39 is 0 Å². The van der Waals surface area contributed by atoms with Gasteiger partial charge in [0.15, 0.2) is 5.96 Å². The molecule has 2 saturated heterocycles. The van der Waals surface area contributed by atoms with E-state index in [0.29, 0.717) is 6.04 Å². The van der Waals surface area contributed by atoms with E-state index in [1.54, 1.807) is 0 Å². The van der Waals surface area contributed by atoms with Gasteiger partial charge in [0.1, 0.15) is 0 Å². The normalized spacial score (nSPS) is 34.0. The van der Waals surface area contributed by atoms with E-state index in [0.717, 1.165) is 50.4 Å². The van der Waals surface area contributed by atoms with Crippen LogP contribution in [-0.2, 0) is 4.74 Å². The van der Waals surface area contributed by atoms with Crippen LogP contribution in [0.5, 0.6) is 0 Å². The fraction of sp³-hybridized carbons (Fsp3) is 0.952. The van der Waals surface area contributed by atoms with Gasteiger partial charge in [-0.2, -0.15) is 0 Å². The number of halogens is 1. The molecule has 4 aliphatic rings. The maximum atomic E-state index is 5.68. The number of nitrogens with one attached hydrogen (secondary N) is 2. The van der Waals surface area contributed by atoms with Crippen molar-refractivity contribution < 1.29 is 4.74 Å². The first kappa shape index (κ1) is 21.6. The molecule has 0 bridgehead atoms. The predicted molar refractivity (Wildman–Crippen MR) is 122 cm³/mol. The van der Waals surface area contributed by atoms with E-state index in [1.807, 2.05) is 7.05 Å². The smallest absolute Gasteiger partial charge is 0.191 e. The van der Waals surface area contributed by atoms with Gasteiger partial charge >= 0.3 is 0 Å². The summed E-state index contributed by atoms with van der Waals surface area (Å²) in [7, 11) is 1.92. The van der Waals surface area contributed by atoms with Gasteiger partial charge in [-0.05, 0) is 69.9 Å². The average molecular weight is 490 g/mol. The van der Waals surface area contributed by atoms with Gasteiger partial charge in [-0.15, -0.1) is 24.0 Å². The molecule has 156 valence electrons. The highest BCUT2D eigenvalue weighted by molar-refractivity contribution is 14.0. The standard InChI is InChI=1S/C21H38N4O.HI/c1-22-20(24-19-8-7-17-5-4-6-18(17)15-19)23-16-21(9-13-26-14-10-21)25-11-2-3-12-25;/h17-19H,2-16H2,1H3,(H2,22,23,24);1H. The fourth-order valence-corrected chi connectivity index (χ4v) is 6.02. The Bertz CT molecular complexity index is 489. The summed E-state index contributed by atoms with van der Waals surface area (Å²) in [6.07, 6.45) is 13.4. The minimum absolute atomic E-state index is 0. The Hall–Kier alpha value is -0.0800. The summed E-state index contributed by atoms with van der Waals surface area (Å²) in [6, 6.07) is 0.609. The van der Waals surface area contributed by atoms with E-state index in [9.17, 15) is 0 Å². The van der Waals surface area contributed by atoms with E-state index >= 15 is 0 Å². The van der Waals surface area contributed by atoms with E-state index in [4.69, 9.17) is 4.74 Å². The van der Waals surface area contributed by atoms with Crippen molar-refractivity contribution in [3.63, 3.8) is 0 Å². The van der Waals surface area contributed by atoms with Crippen molar-refractivity contribution in [2.75, 3.05) is 39.9 Å². The van der Waals surface area contributed by atoms with Crippen molar-refractivity contribution in [3.05, 3.63) is 0 Å². The number of guanidine groups is 1. The maximum Gasteiger partial charge on any atom is 0.191 e. The summed E-state index contributed by atoms with van der Waals surface area (Å²) in [5.41, 5.74) is 0.259. The van der Waals surface area contributed by atoms with Crippen LogP contribution in [0.25, 0.3) is 0 Å². The number of ether oxygens (including phenoxy) is 1. The summed E-state index contributed by atoms with van der Waals surface area (Å²) in [4.78, 5) is 7.28. The van der Waals surface area contributed by atoms with Gasteiger partial charge in [-0.3, -0.25) is 9.89 Å². The molecular formula is C21H39IN4O. The zero-order valence-corrected chi connectivity index (χ0v) is 19.4. The third-order valence-electron chi connectivity index (χ3n) is 7.64. The summed E-state index contributed by atoms with van der Waals surface area (Å²) >= 11 is 0. The molecule has 27 heavy (non-hydrogen) atoms. The number of likely N-dealkylation sites (tertiary alicyclic amines) is 1. The molecule has 0 aromatic carbocycles. The van der Waals surface area contributed by atoms with Crippen molar-refractivity contribution in [2.45, 2.75) is 75.8 Å². The fourth-order valence-electron chi connectivity index (χ4n) is 6.02. The molecule has 3 atom stereocenters. The molecule has 4 fully saturated rings. The van der Waals surface area contributed by atoms with E-state index in [1.165, 1.54) is 64.5 Å². The minimum atomic E-state index is 0. The average Bonchev–Trinajstić information content (AvgIpc) is 3.37. The van der Waals surface area contributed by atoms with Gasteiger partial charge in [0.25, 0.3) is 0 Å². The molecule has 3 unspecified atom stereocenters. The molecular weight excluding hydrogens is 451 g/mol. The molecule has 2 saturated carbocycles. The lowest BCUT2D eigenvalue weighted by molar-refractivity contribution is -0.0164. The second kappa shape index (κ2) is 10.1. The molecule has 0 spiro atoms. The van der Waals surface area contributed by atoms with E-state index in [2.05, 4.69) is 20.5 Å². The Kier molecular flexibility index (Phi) is 8.09. The second-order valence-electron chi connectivity index (χ2n) is 9.06. The van der Waals surface area contributed by atoms with Crippen LogP contribution in [0.15, 0.2) is 4.99 Å². The Morgan fingerprint density at radius 2 is 1.78 bits per heavy atom. The molecule has 2 heterocycles. The topological polar surface area (TPSA) is 48.9 Å². The molecule has 6 heteroatoms. The van der Waals surface area contributed by atoms with E-state index in [-0.39, 0.29) is 29.5 Å². The molecule has 5 nitrogen and oxygen atoms in total. The third kappa shape index (κ3) is 5.10. The summed E-state index contributed by atoms with van der Waals surface area (Å²) in [5.74, 6) is 2.99. The van der Waals surface area contributed by atoms with Gasteiger partial charge < -0.3 is 15.4 Å². The first-order valence-corrected chi connectivity index (χ1v) is 11.1. The number of aliphatic imine (C=N–C) groups is 1. The molecule has 2 aliphatic carbocycles. The van der Waals surface area contributed by atoms with Crippen molar-refractivity contribution in [1.29, 1.82) is 0 Å². The van der Waals surface area contributed by atoms with Crippen LogP contribution in [0.4, 0.5) is 0 Å². The van der Waals surface area contributed by atoms with Crippen molar-refractivity contribution >= 4 is 29.9 Å². The lowest BCUT2D eigenvalue weighted by Gasteiger charge is -2.45. The minimum Gasteiger partial charge on any atom is -0.381 e. The van der Waals surface area contributed by atoms with Crippen LogP contribution in [0, 0.1) is 11.8 Å². The first-order chi connectivity index (χ1) is 12.8. The monoisotopic (exact) mass is 490 g/mol. The lowest BCUT2D eigenvalue weighted by atomic mass is 9.79. The molecule has 2 N–H and O–H groups in total. The zero-order valence-electron chi connectivity index (χ0n) is 17.0. The van der Waals surface area contributed by atoms with Crippen LogP contribution in [-0.4, -0.2) is 62.3 Å². The Morgan fingerprint density at radius 3 is 2.52 bits per heavy atom. The largest absolute Gasteiger partial charge is 0.381 e. The molecule has 0 aromatic rings. The van der Waals surface area contributed by atoms with Crippen molar-refractivity contribution in [1.82, 2.24) is 15.5 Å². The number of fused-ring (bicyclic) bond motifs is 1. The molecule has 0 aromatic heterocycles. The molecule has 2 aliphatic heterocycles. The highest BCUT2D eigenvalue weighted by Crippen LogP contribution is 2.42. The van der Waals surface area contributed by atoms with Gasteiger partial charge in [-0.1, -0.05) is 19.3 Å². The lowest BCUT2D eigenvalue weighted by Crippen LogP contribution is -2.59. The van der Waals surface area contributed by atoms with Gasteiger partial charge in [0.05, 0.1) is 0 Å². The second-order valence-corrected chi connectivity index (χ2v) is 9.06. The maximum absolute atomic E-state index is 5.68. The highest BCUT2D eigenvalue weighted by atomic mass is 127. The number of hydrogen-bond acceptors (Lipinski definition) is 3. The Morgan fingerprint density at radius 1 is 1.04 bits per heavy atom. The summed E-state index contributed by atoms with van der Waals surface area (Å²) in [6.45, 7) is 5.29. The Labute approximate surface area is 182 Å². The third-order valence-corrected chi connectivity index (χ3v) is 7.64. The number of rotatable bonds is 4. The number of nitrogens with zero attached hydrogens (tertiary/aromatic N) is 2. The van der Waals surface area contributed by atoms with Crippen LogP contribution < -0.4 is 10.6 Å². The number of hydrogen-bond donors (Lipinski definition) is 2. The zero-order chi connectivity index (χ0) is 17.8. The quantitative estimate of drug-likeness (QED) is 0.361. The van der Waals surface area contributed by atoms with Crippen LogP contribution >= 0.6 is 24.0 Å². The molecule has 0 radical (unpaired) electrons. The van der Waals surface area contributed by atoms with Crippen LogP contribution in [0.1, 0.15) is 64.2 Å².